The quantitative estimate of drug-likeness (QED) is 0.394. The van der Waals surface area contributed by atoms with Gasteiger partial charge in [0.25, 0.3) is 11.6 Å². The zero-order valence-electron chi connectivity index (χ0n) is 18.4. The van der Waals surface area contributed by atoms with Gasteiger partial charge in [-0.05, 0) is 55.5 Å². The van der Waals surface area contributed by atoms with Crippen LogP contribution in [0.25, 0.3) is 0 Å². The number of nitrogens with zero attached hydrogens (tertiary/aromatic N) is 2. The highest BCUT2D eigenvalue weighted by atomic mass is 16.6. The van der Waals surface area contributed by atoms with Gasteiger partial charge >= 0.3 is 0 Å². The van der Waals surface area contributed by atoms with E-state index in [0.717, 1.165) is 31.5 Å². The molecule has 2 aromatic rings. The molecule has 0 aromatic heterocycles. The van der Waals surface area contributed by atoms with Crippen molar-refractivity contribution >= 4 is 34.8 Å². The zero-order valence-corrected chi connectivity index (χ0v) is 18.4. The van der Waals surface area contributed by atoms with Crippen LogP contribution in [0.15, 0.2) is 42.5 Å². The van der Waals surface area contributed by atoms with Crippen molar-refractivity contribution in [3.8, 4) is 0 Å². The molecule has 9 nitrogen and oxygen atoms in total. The van der Waals surface area contributed by atoms with E-state index < -0.39 is 16.2 Å². The number of nitro benzene ring substituents is 1. The molecule has 172 valence electrons. The number of imide groups is 1. The molecule has 2 heterocycles. The molecule has 0 saturated carbocycles. The maximum absolute atomic E-state index is 12.8. The van der Waals surface area contributed by atoms with Gasteiger partial charge in [0.2, 0.25) is 11.8 Å². The molecule has 0 aliphatic carbocycles. The first-order valence-electron chi connectivity index (χ1n) is 11.1. The van der Waals surface area contributed by atoms with Crippen LogP contribution in [0, 0.1) is 10.1 Å². The number of hydrogen-bond donors (Lipinski definition) is 2. The van der Waals surface area contributed by atoms with Gasteiger partial charge in [0.1, 0.15) is 5.69 Å². The predicted molar refractivity (Wildman–Crippen MR) is 123 cm³/mol. The SMILES string of the molecule is CCC1(c2ccc(NC(=O)c3ccc(N4CCCC4)c([N+](=O)[O-])c3)cc2)CCC(=O)NC1=O. The molecular formula is C24H26N4O5. The van der Waals surface area contributed by atoms with Crippen molar-refractivity contribution in [3.63, 3.8) is 0 Å². The summed E-state index contributed by atoms with van der Waals surface area (Å²) in [5.41, 5.74) is 1.16. The maximum Gasteiger partial charge on any atom is 0.293 e. The van der Waals surface area contributed by atoms with Gasteiger partial charge in [-0.3, -0.25) is 29.8 Å². The third-order valence-corrected chi connectivity index (χ3v) is 6.65. The van der Waals surface area contributed by atoms with E-state index in [-0.39, 0.29) is 29.5 Å². The minimum atomic E-state index is -0.775. The van der Waals surface area contributed by atoms with Gasteiger partial charge < -0.3 is 10.2 Å². The topological polar surface area (TPSA) is 122 Å². The molecule has 4 rings (SSSR count). The van der Waals surface area contributed by atoms with Gasteiger partial charge in [-0.2, -0.15) is 0 Å². The van der Waals surface area contributed by atoms with E-state index in [1.807, 2.05) is 11.8 Å². The van der Waals surface area contributed by atoms with E-state index >= 15 is 0 Å². The Kier molecular flexibility index (Phi) is 6.13. The Morgan fingerprint density at radius 3 is 2.45 bits per heavy atom. The number of hydrogen-bond acceptors (Lipinski definition) is 6. The summed E-state index contributed by atoms with van der Waals surface area (Å²) in [5, 5.41) is 16.8. The van der Waals surface area contributed by atoms with Crippen molar-refractivity contribution in [2.75, 3.05) is 23.3 Å². The van der Waals surface area contributed by atoms with Gasteiger partial charge in [-0.15, -0.1) is 0 Å². The van der Waals surface area contributed by atoms with Crippen molar-refractivity contribution in [2.45, 2.75) is 44.4 Å². The second-order valence-corrected chi connectivity index (χ2v) is 8.50. The maximum atomic E-state index is 12.8. The standard InChI is InChI=1S/C24H26N4O5/c1-2-24(12-11-21(29)26-23(24)31)17-6-8-18(9-7-17)25-22(30)16-5-10-19(20(15-16)28(32)33)27-13-3-4-14-27/h5-10,15H,2-4,11-14H2,1H3,(H,25,30)(H,26,29,31). The largest absolute Gasteiger partial charge is 0.366 e. The molecule has 1 unspecified atom stereocenters. The summed E-state index contributed by atoms with van der Waals surface area (Å²) in [6.07, 6.45) is 3.25. The first-order valence-corrected chi connectivity index (χ1v) is 11.1. The fourth-order valence-corrected chi connectivity index (χ4v) is 4.68. The Balaban J connectivity index is 1.52. The van der Waals surface area contributed by atoms with Gasteiger partial charge in [-0.25, -0.2) is 0 Å². The molecule has 0 radical (unpaired) electrons. The second-order valence-electron chi connectivity index (χ2n) is 8.50. The Labute approximate surface area is 191 Å². The van der Waals surface area contributed by atoms with Crippen molar-refractivity contribution in [1.82, 2.24) is 5.32 Å². The molecule has 9 heteroatoms. The van der Waals surface area contributed by atoms with E-state index in [1.54, 1.807) is 36.4 Å². The summed E-state index contributed by atoms with van der Waals surface area (Å²) >= 11 is 0. The number of benzene rings is 2. The van der Waals surface area contributed by atoms with E-state index in [2.05, 4.69) is 10.6 Å². The monoisotopic (exact) mass is 450 g/mol. The van der Waals surface area contributed by atoms with Crippen LogP contribution in [-0.2, 0) is 15.0 Å². The molecule has 0 bridgehead atoms. The summed E-state index contributed by atoms with van der Waals surface area (Å²) in [5.74, 6) is -1.02. The van der Waals surface area contributed by atoms with Crippen molar-refractivity contribution in [3.05, 3.63) is 63.7 Å². The van der Waals surface area contributed by atoms with E-state index in [9.17, 15) is 24.5 Å². The zero-order chi connectivity index (χ0) is 23.6. The van der Waals surface area contributed by atoms with E-state index in [0.29, 0.717) is 24.2 Å². The van der Waals surface area contributed by atoms with E-state index in [4.69, 9.17) is 0 Å². The molecule has 2 aliphatic heterocycles. The summed E-state index contributed by atoms with van der Waals surface area (Å²) in [6.45, 7) is 3.44. The first kappa shape index (κ1) is 22.4. The highest BCUT2D eigenvalue weighted by Gasteiger charge is 2.42. The molecule has 2 aromatic carbocycles. The molecule has 2 fully saturated rings. The Morgan fingerprint density at radius 2 is 1.85 bits per heavy atom. The molecule has 0 spiro atoms. The third kappa shape index (κ3) is 4.30. The lowest BCUT2D eigenvalue weighted by molar-refractivity contribution is -0.384. The Bertz CT molecular complexity index is 1110. The molecule has 2 saturated heterocycles. The lowest BCUT2D eigenvalue weighted by atomic mass is 9.72. The fourth-order valence-electron chi connectivity index (χ4n) is 4.68. The van der Waals surface area contributed by atoms with Crippen LogP contribution in [-0.4, -0.2) is 35.7 Å². The Hall–Kier alpha value is -3.75. The van der Waals surface area contributed by atoms with Crippen LogP contribution in [0.1, 0.15) is 54.9 Å². The molecule has 2 aliphatic rings. The van der Waals surface area contributed by atoms with Crippen LogP contribution in [0.5, 0.6) is 0 Å². The molecule has 33 heavy (non-hydrogen) atoms. The normalized spacial score (nSPS) is 20.5. The lowest BCUT2D eigenvalue weighted by Gasteiger charge is -2.35. The molecular weight excluding hydrogens is 424 g/mol. The van der Waals surface area contributed by atoms with Crippen molar-refractivity contribution < 1.29 is 19.3 Å². The number of carbonyl (C=O) groups excluding carboxylic acids is 3. The number of nitro groups is 1. The van der Waals surface area contributed by atoms with Gasteiger partial charge in [0, 0.05) is 36.8 Å². The molecule has 3 amide bonds. The average molecular weight is 450 g/mol. The first-order chi connectivity index (χ1) is 15.8. The fraction of sp³-hybridized carbons (Fsp3) is 0.375. The number of rotatable bonds is 6. The number of nitrogens with one attached hydrogen (secondary N) is 2. The average Bonchev–Trinajstić information content (AvgIpc) is 3.34. The third-order valence-electron chi connectivity index (χ3n) is 6.65. The molecule has 2 N–H and O–H groups in total. The number of carbonyl (C=O) groups is 3. The highest BCUT2D eigenvalue weighted by molar-refractivity contribution is 6.05. The minimum absolute atomic E-state index is 0.0809. The van der Waals surface area contributed by atoms with Crippen LogP contribution < -0.4 is 15.5 Å². The lowest BCUT2D eigenvalue weighted by Crippen LogP contribution is -2.51. The summed E-state index contributed by atoms with van der Waals surface area (Å²) in [7, 11) is 0. The molecule has 1 atom stereocenters. The van der Waals surface area contributed by atoms with Gasteiger partial charge in [0.05, 0.1) is 10.3 Å². The van der Waals surface area contributed by atoms with Crippen LogP contribution in [0.3, 0.4) is 0 Å². The number of amides is 3. The van der Waals surface area contributed by atoms with Crippen molar-refractivity contribution in [1.29, 1.82) is 0 Å². The van der Waals surface area contributed by atoms with E-state index in [1.165, 1.54) is 6.07 Å². The highest BCUT2D eigenvalue weighted by Crippen LogP contribution is 2.36. The second kappa shape index (κ2) is 9.01. The minimum Gasteiger partial charge on any atom is -0.366 e. The summed E-state index contributed by atoms with van der Waals surface area (Å²) in [4.78, 5) is 50.0. The number of piperidine rings is 1. The van der Waals surface area contributed by atoms with Gasteiger partial charge in [0.15, 0.2) is 0 Å². The predicted octanol–water partition coefficient (Wildman–Crippen LogP) is 3.53. The van der Waals surface area contributed by atoms with Crippen molar-refractivity contribution in [2.24, 2.45) is 0 Å². The number of anilines is 2. The summed E-state index contributed by atoms with van der Waals surface area (Å²) < 4.78 is 0. The van der Waals surface area contributed by atoms with Crippen LogP contribution in [0.4, 0.5) is 17.1 Å². The van der Waals surface area contributed by atoms with Crippen LogP contribution in [0.2, 0.25) is 0 Å². The van der Waals surface area contributed by atoms with Gasteiger partial charge in [-0.1, -0.05) is 19.1 Å². The Morgan fingerprint density at radius 1 is 1.15 bits per heavy atom. The smallest absolute Gasteiger partial charge is 0.293 e. The summed E-state index contributed by atoms with van der Waals surface area (Å²) in [6, 6.07) is 11.5. The van der Waals surface area contributed by atoms with Crippen LogP contribution >= 0.6 is 0 Å².